The fourth-order valence-corrected chi connectivity index (χ4v) is 2.75. The summed E-state index contributed by atoms with van der Waals surface area (Å²) in [5.74, 6) is 0.0196. The van der Waals surface area contributed by atoms with Crippen molar-refractivity contribution in [1.29, 1.82) is 0 Å². The number of hydrogen-bond acceptors (Lipinski definition) is 4. The molecule has 6 heteroatoms. The van der Waals surface area contributed by atoms with E-state index in [9.17, 15) is 4.79 Å². The third kappa shape index (κ3) is 3.29. The number of aromatic nitrogens is 1. The molecule has 0 fully saturated rings. The number of nitrogens with one attached hydrogen (secondary N) is 1. The van der Waals surface area contributed by atoms with Crippen molar-refractivity contribution in [3.05, 3.63) is 45.2 Å². The van der Waals surface area contributed by atoms with E-state index < -0.39 is 0 Å². The van der Waals surface area contributed by atoms with Crippen LogP contribution in [0.5, 0.6) is 0 Å². The van der Waals surface area contributed by atoms with Crippen LogP contribution in [0.25, 0.3) is 0 Å². The van der Waals surface area contributed by atoms with Crippen LogP contribution in [0.1, 0.15) is 29.1 Å². The maximum Gasteiger partial charge on any atom is 0.252 e. The molecule has 0 aromatic carbocycles. The van der Waals surface area contributed by atoms with Crippen LogP contribution in [0.3, 0.4) is 0 Å². The summed E-state index contributed by atoms with van der Waals surface area (Å²) in [6.07, 6.45) is 1.43. The summed E-state index contributed by atoms with van der Waals surface area (Å²) in [5.41, 5.74) is 5.82. The molecule has 4 nitrogen and oxygen atoms in total. The average molecular weight is 310 g/mol. The van der Waals surface area contributed by atoms with Crippen molar-refractivity contribution in [1.82, 2.24) is 10.3 Å². The third-order valence-electron chi connectivity index (χ3n) is 3.01. The zero-order valence-corrected chi connectivity index (χ0v) is 12.9. The van der Waals surface area contributed by atoms with Gasteiger partial charge in [0.25, 0.3) is 5.91 Å². The van der Waals surface area contributed by atoms with Gasteiger partial charge < -0.3 is 11.1 Å². The maximum absolute atomic E-state index is 12.1. The van der Waals surface area contributed by atoms with Gasteiger partial charge in [0.05, 0.1) is 10.6 Å². The van der Waals surface area contributed by atoms with Crippen LogP contribution in [-0.4, -0.2) is 17.4 Å². The summed E-state index contributed by atoms with van der Waals surface area (Å²) in [6.45, 7) is 4.72. The molecule has 0 saturated carbocycles. The highest BCUT2D eigenvalue weighted by atomic mass is 35.5. The van der Waals surface area contributed by atoms with Crippen molar-refractivity contribution in [2.24, 2.45) is 0 Å². The minimum atomic E-state index is -0.205. The van der Waals surface area contributed by atoms with E-state index in [0.29, 0.717) is 12.1 Å². The molecule has 0 radical (unpaired) electrons. The van der Waals surface area contributed by atoms with Crippen molar-refractivity contribution in [2.75, 3.05) is 12.3 Å². The normalized spacial score (nSPS) is 11.3. The van der Waals surface area contributed by atoms with E-state index >= 15 is 0 Å². The molecule has 3 N–H and O–H groups in total. The van der Waals surface area contributed by atoms with Crippen LogP contribution in [-0.2, 0) is 5.41 Å². The number of thiophene rings is 1. The van der Waals surface area contributed by atoms with Crippen LogP contribution in [0, 0.1) is 0 Å². The molecule has 20 heavy (non-hydrogen) atoms. The number of anilines is 1. The molecule has 0 unspecified atom stereocenters. The molecule has 0 aliphatic heterocycles. The van der Waals surface area contributed by atoms with Gasteiger partial charge in [0, 0.05) is 23.0 Å². The van der Waals surface area contributed by atoms with Gasteiger partial charge in [-0.1, -0.05) is 31.5 Å². The SMILES string of the molecule is CC(C)(CNC(=O)c1cnc(N)c(Cl)c1)c1cccs1. The van der Waals surface area contributed by atoms with E-state index in [1.807, 2.05) is 11.4 Å². The maximum atomic E-state index is 12.1. The highest BCUT2D eigenvalue weighted by Gasteiger charge is 2.22. The molecule has 0 atom stereocenters. The number of amides is 1. The number of pyridine rings is 1. The quantitative estimate of drug-likeness (QED) is 0.912. The number of nitrogens with two attached hydrogens (primary N) is 1. The smallest absolute Gasteiger partial charge is 0.252 e. The highest BCUT2D eigenvalue weighted by Crippen LogP contribution is 2.26. The number of rotatable bonds is 4. The van der Waals surface area contributed by atoms with Crippen molar-refractivity contribution in [3.8, 4) is 0 Å². The van der Waals surface area contributed by atoms with Crippen molar-refractivity contribution < 1.29 is 4.79 Å². The lowest BCUT2D eigenvalue weighted by Crippen LogP contribution is -2.36. The van der Waals surface area contributed by atoms with Gasteiger partial charge in [0.15, 0.2) is 0 Å². The minimum Gasteiger partial charge on any atom is -0.382 e. The molecule has 0 spiro atoms. The van der Waals surface area contributed by atoms with Crippen molar-refractivity contribution in [2.45, 2.75) is 19.3 Å². The zero-order valence-electron chi connectivity index (χ0n) is 11.3. The van der Waals surface area contributed by atoms with Gasteiger partial charge >= 0.3 is 0 Å². The number of nitrogens with zero attached hydrogens (tertiary/aromatic N) is 1. The lowest BCUT2D eigenvalue weighted by molar-refractivity contribution is 0.0945. The number of hydrogen-bond donors (Lipinski definition) is 2. The Bertz CT molecular complexity index is 611. The first kappa shape index (κ1) is 14.8. The predicted molar refractivity (Wildman–Crippen MR) is 83.3 cm³/mol. The predicted octanol–water partition coefficient (Wildman–Crippen LogP) is 3.09. The molecule has 1 amide bonds. The Morgan fingerprint density at radius 2 is 2.30 bits per heavy atom. The second kappa shape index (κ2) is 5.81. The van der Waals surface area contributed by atoms with Gasteiger partial charge in [-0.3, -0.25) is 4.79 Å². The van der Waals surface area contributed by atoms with Gasteiger partial charge in [-0.15, -0.1) is 11.3 Å². The molecular weight excluding hydrogens is 294 g/mol. The zero-order chi connectivity index (χ0) is 14.8. The van der Waals surface area contributed by atoms with Crippen LogP contribution in [0.2, 0.25) is 5.02 Å². The summed E-state index contributed by atoms with van der Waals surface area (Å²) in [4.78, 5) is 17.2. The lowest BCUT2D eigenvalue weighted by Gasteiger charge is -2.23. The van der Waals surface area contributed by atoms with E-state index in [1.165, 1.54) is 17.1 Å². The largest absolute Gasteiger partial charge is 0.382 e. The average Bonchev–Trinajstić information content (AvgIpc) is 2.94. The molecule has 106 valence electrons. The fraction of sp³-hybridized carbons (Fsp3) is 0.286. The highest BCUT2D eigenvalue weighted by molar-refractivity contribution is 7.10. The lowest BCUT2D eigenvalue weighted by atomic mass is 9.91. The van der Waals surface area contributed by atoms with Gasteiger partial charge in [-0.25, -0.2) is 4.98 Å². The Balaban J connectivity index is 2.03. The molecule has 0 aliphatic carbocycles. The first-order valence-corrected chi connectivity index (χ1v) is 7.39. The summed E-state index contributed by atoms with van der Waals surface area (Å²) >= 11 is 7.54. The summed E-state index contributed by atoms with van der Waals surface area (Å²) in [5, 5.41) is 5.22. The summed E-state index contributed by atoms with van der Waals surface area (Å²) < 4.78 is 0. The molecule has 0 saturated heterocycles. The fourth-order valence-electron chi connectivity index (χ4n) is 1.73. The molecule has 2 aromatic heterocycles. The van der Waals surface area contributed by atoms with Crippen molar-refractivity contribution >= 4 is 34.7 Å². The first-order valence-electron chi connectivity index (χ1n) is 6.13. The van der Waals surface area contributed by atoms with Crippen molar-refractivity contribution in [3.63, 3.8) is 0 Å². The van der Waals surface area contributed by atoms with Crippen LogP contribution < -0.4 is 11.1 Å². The van der Waals surface area contributed by atoms with Gasteiger partial charge in [0.2, 0.25) is 0 Å². The Hall–Kier alpha value is -1.59. The van der Waals surface area contributed by atoms with Crippen LogP contribution in [0.15, 0.2) is 29.8 Å². The number of carbonyl (C=O) groups is 1. The first-order chi connectivity index (χ1) is 9.40. The second-order valence-electron chi connectivity index (χ2n) is 5.13. The van der Waals surface area contributed by atoms with E-state index in [4.69, 9.17) is 17.3 Å². The van der Waals surface area contributed by atoms with Gasteiger partial charge in [0.1, 0.15) is 5.82 Å². The third-order valence-corrected chi connectivity index (χ3v) is 4.55. The monoisotopic (exact) mass is 309 g/mol. The number of halogens is 1. The van der Waals surface area contributed by atoms with E-state index in [-0.39, 0.29) is 22.2 Å². The van der Waals surface area contributed by atoms with Crippen LogP contribution in [0.4, 0.5) is 5.82 Å². The second-order valence-corrected chi connectivity index (χ2v) is 6.49. The number of carbonyl (C=O) groups excluding carboxylic acids is 1. The Kier molecular flexibility index (Phi) is 4.30. The topological polar surface area (TPSA) is 68.0 Å². The molecule has 2 rings (SSSR count). The molecule has 0 aliphatic rings. The van der Waals surface area contributed by atoms with E-state index in [2.05, 4.69) is 30.2 Å². The summed E-state index contributed by atoms with van der Waals surface area (Å²) in [7, 11) is 0. The Labute approximate surface area is 127 Å². The summed E-state index contributed by atoms with van der Waals surface area (Å²) in [6, 6.07) is 5.60. The number of nitrogen functional groups attached to an aromatic ring is 1. The minimum absolute atomic E-state index is 0.116. The van der Waals surface area contributed by atoms with E-state index in [1.54, 1.807) is 11.3 Å². The molecular formula is C14H16ClN3OS. The Morgan fingerprint density at radius 1 is 1.55 bits per heavy atom. The molecule has 2 heterocycles. The van der Waals surface area contributed by atoms with Gasteiger partial charge in [-0.05, 0) is 17.5 Å². The molecule has 0 bridgehead atoms. The molecule has 2 aromatic rings. The van der Waals surface area contributed by atoms with Gasteiger partial charge in [-0.2, -0.15) is 0 Å². The van der Waals surface area contributed by atoms with Crippen LogP contribution >= 0.6 is 22.9 Å². The Morgan fingerprint density at radius 3 is 2.90 bits per heavy atom. The standard InChI is InChI=1S/C14H16ClN3OS/c1-14(2,11-4-3-5-20-11)8-18-13(19)9-6-10(15)12(16)17-7-9/h3-7H,8H2,1-2H3,(H2,16,17)(H,18,19). The van der Waals surface area contributed by atoms with E-state index in [0.717, 1.165) is 0 Å².